The van der Waals surface area contributed by atoms with Gasteiger partial charge in [-0.05, 0) is 12.8 Å². The molecule has 3 nitrogen and oxygen atoms in total. The zero-order valence-electron chi connectivity index (χ0n) is 7.34. The first-order valence-corrected chi connectivity index (χ1v) is 5.01. The van der Waals surface area contributed by atoms with Gasteiger partial charge in [0.25, 0.3) is 0 Å². The van der Waals surface area contributed by atoms with Crippen molar-refractivity contribution in [3.8, 4) is 0 Å². The molecule has 0 amide bonds. The lowest BCUT2D eigenvalue weighted by Gasteiger charge is -2.15. The smallest absolute Gasteiger partial charge is 0.400 e. The van der Waals surface area contributed by atoms with Crippen molar-refractivity contribution < 1.29 is 23.1 Å². The normalized spacial score (nSPS) is 18.9. The van der Waals surface area contributed by atoms with Crippen molar-refractivity contribution in [3.63, 3.8) is 0 Å². The molecule has 0 unspecified atom stereocenters. The van der Waals surface area contributed by atoms with Crippen LogP contribution in [0, 0.1) is 0 Å². The molecule has 0 aliphatic heterocycles. The highest BCUT2D eigenvalue weighted by Gasteiger charge is 2.66. The molecule has 7 heteroatoms. The highest BCUT2D eigenvalue weighted by Crippen LogP contribution is 2.59. The average molecular weight is 237 g/mol. The lowest BCUT2D eigenvalue weighted by molar-refractivity contribution is -0.160. The van der Waals surface area contributed by atoms with Gasteiger partial charge in [-0.1, -0.05) is 0 Å². The summed E-state index contributed by atoms with van der Waals surface area (Å²) in [6.45, 7) is 0. The highest BCUT2D eigenvalue weighted by molar-refractivity contribution is 7.10. The Bertz CT molecular complexity index is 408. The van der Waals surface area contributed by atoms with E-state index in [1.807, 2.05) is 0 Å². The van der Waals surface area contributed by atoms with E-state index in [9.17, 15) is 18.0 Å². The van der Waals surface area contributed by atoms with Gasteiger partial charge in [-0.2, -0.15) is 13.2 Å². The molecule has 0 radical (unpaired) electrons. The van der Waals surface area contributed by atoms with E-state index >= 15 is 0 Å². The molecule has 1 aromatic rings. The molecule has 0 bridgehead atoms. The Balaban J connectivity index is 2.35. The molecule has 15 heavy (non-hydrogen) atoms. The lowest BCUT2D eigenvalue weighted by Crippen LogP contribution is -2.28. The van der Waals surface area contributed by atoms with Gasteiger partial charge in [0.2, 0.25) is 0 Å². The summed E-state index contributed by atoms with van der Waals surface area (Å²) < 4.78 is 37.8. The van der Waals surface area contributed by atoms with Crippen LogP contribution in [-0.4, -0.2) is 22.2 Å². The number of alkyl halides is 3. The number of carboxylic acid groups (broad SMARTS) is 1. The molecule has 1 heterocycles. The first-order valence-electron chi connectivity index (χ1n) is 4.13. The van der Waals surface area contributed by atoms with E-state index in [0.717, 1.165) is 16.7 Å². The van der Waals surface area contributed by atoms with Crippen molar-refractivity contribution in [2.24, 2.45) is 0 Å². The Hall–Kier alpha value is -1.11. The molecule has 0 spiro atoms. The number of rotatable bonds is 2. The van der Waals surface area contributed by atoms with Crippen molar-refractivity contribution in [2.45, 2.75) is 24.4 Å². The van der Waals surface area contributed by atoms with Crippen LogP contribution in [0.3, 0.4) is 0 Å². The van der Waals surface area contributed by atoms with Crippen molar-refractivity contribution in [1.82, 2.24) is 4.98 Å². The molecule has 1 aliphatic rings. The minimum atomic E-state index is -4.33. The van der Waals surface area contributed by atoms with Crippen molar-refractivity contribution >= 4 is 17.3 Å². The summed E-state index contributed by atoms with van der Waals surface area (Å²) in [6.07, 6.45) is -4.33. The van der Waals surface area contributed by atoms with Crippen LogP contribution in [0.25, 0.3) is 0 Å². The van der Waals surface area contributed by atoms with E-state index < -0.39 is 17.6 Å². The van der Waals surface area contributed by atoms with E-state index in [-0.39, 0.29) is 23.5 Å². The topological polar surface area (TPSA) is 50.2 Å². The number of aromatic carboxylic acids is 1. The summed E-state index contributed by atoms with van der Waals surface area (Å²) in [5.74, 6) is -1.30. The quantitative estimate of drug-likeness (QED) is 0.859. The predicted molar refractivity (Wildman–Crippen MR) is 46.0 cm³/mol. The fraction of sp³-hybridized carbons (Fsp3) is 0.500. The molecule has 2 rings (SSSR count). The standard InChI is InChI=1S/C8H6F3NO2S/c9-8(10,11)7(1-2-7)6-12-4(3-15-6)5(13)14/h3H,1-2H2,(H,13,14). The molecule has 1 aromatic heterocycles. The number of halogens is 3. The third-order valence-electron chi connectivity index (χ3n) is 2.43. The number of carboxylic acids is 1. The first-order chi connectivity index (χ1) is 6.87. The molecule has 1 aliphatic carbocycles. The van der Waals surface area contributed by atoms with E-state index in [2.05, 4.69) is 4.98 Å². The number of hydrogen-bond acceptors (Lipinski definition) is 3. The van der Waals surface area contributed by atoms with Crippen molar-refractivity contribution in [3.05, 3.63) is 16.1 Å². The first kappa shape index (κ1) is 10.4. The van der Waals surface area contributed by atoms with Gasteiger partial charge in [0, 0.05) is 5.38 Å². The monoisotopic (exact) mass is 237 g/mol. The molecular formula is C8H6F3NO2S. The highest BCUT2D eigenvalue weighted by atomic mass is 32.1. The maximum Gasteiger partial charge on any atom is 0.400 e. The number of nitrogens with zero attached hydrogens (tertiary/aromatic N) is 1. The number of hydrogen-bond donors (Lipinski definition) is 1. The second kappa shape index (κ2) is 2.94. The zero-order chi connectivity index (χ0) is 11.3. The predicted octanol–water partition coefficient (Wildman–Crippen LogP) is 2.44. The molecule has 0 saturated heterocycles. The maximum atomic E-state index is 12.6. The van der Waals surface area contributed by atoms with Crippen molar-refractivity contribution in [1.29, 1.82) is 0 Å². The Morgan fingerprint density at radius 2 is 2.13 bits per heavy atom. The minimum absolute atomic E-state index is 0.00305. The van der Waals surface area contributed by atoms with E-state index in [1.165, 1.54) is 0 Å². The van der Waals surface area contributed by atoms with Gasteiger partial charge in [0.15, 0.2) is 5.69 Å². The fourth-order valence-electron chi connectivity index (χ4n) is 1.34. The molecule has 82 valence electrons. The number of thiazole rings is 1. The second-order valence-electron chi connectivity index (χ2n) is 3.42. The summed E-state index contributed by atoms with van der Waals surface area (Å²) in [7, 11) is 0. The van der Waals surface area contributed by atoms with Crippen LogP contribution in [0.2, 0.25) is 0 Å². The summed E-state index contributed by atoms with van der Waals surface area (Å²) in [4.78, 5) is 14.0. The summed E-state index contributed by atoms with van der Waals surface area (Å²) in [6, 6.07) is 0. The second-order valence-corrected chi connectivity index (χ2v) is 4.28. The van der Waals surface area contributed by atoms with E-state index in [0.29, 0.717) is 0 Å². The third kappa shape index (κ3) is 1.50. The zero-order valence-corrected chi connectivity index (χ0v) is 8.15. The lowest BCUT2D eigenvalue weighted by atomic mass is 10.1. The van der Waals surface area contributed by atoms with Crippen LogP contribution in [-0.2, 0) is 5.41 Å². The molecule has 1 saturated carbocycles. The number of aromatic nitrogens is 1. The van der Waals surface area contributed by atoms with Crippen LogP contribution in [0.1, 0.15) is 28.3 Å². The van der Waals surface area contributed by atoms with Gasteiger partial charge in [-0.15, -0.1) is 11.3 Å². The van der Waals surface area contributed by atoms with Gasteiger partial charge >= 0.3 is 12.1 Å². The Kier molecular flexibility index (Phi) is 2.04. The Labute approximate surface area is 86.6 Å². The molecule has 0 atom stereocenters. The van der Waals surface area contributed by atoms with Crippen molar-refractivity contribution in [2.75, 3.05) is 0 Å². The Morgan fingerprint density at radius 3 is 2.47 bits per heavy atom. The Morgan fingerprint density at radius 1 is 1.53 bits per heavy atom. The third-order valence-corrected chi connectivity index (χ3v) is 3.47. The maximum absolute atomic E-state index is 12.6. The van der Waals surface area contributed by atoms with Gasteiger partial charge in [0.1, 0.15) is 10.4 Å². The van der Waals surface area contributed by atoms with Gasteiger partial charge in [-0.3, -0.25) is 0 Å². The minimum Gasteiger partial charge on any atom is -0.476 e. The molecule has 1 fully saturated rings. The van der Waals surface area contributed by atoms with Crippen LogP contribution >= 0.6 is 11.3 Å². The van der Waals surface area contributed by atoms with E-state index in [4.69, 9.17) is 5.11 Å². The van der Waals surface area contributed by atoms with Gasteiger partial charge in [-0.25, -0.2) is 9.78 Å². The van der Waals surface area contributed by atoms with Gasteiger partial charge < -0.3 is 5.11 Å². The summed E-state index contributed by atoms with van der Waals surface area (Å²) >= 11 is 0.762. The number of carbonyl (C=O) groups is 1. The SMILES string of the molecule is O=C(O)c1csc(C2(C(F)(F)F)CC2)n1. The molecule has 0 aromatic carbocycles. The largest absolute Gasteiger partial charge is 0.476 e. The van der Waals surface area contributed by atoms with Crippen LogP contribution in [0.5, 0.6) is 0 Å². The molecule has 1 N–H and O–H groups in total. The fourth-order valence-corrected chi connectivity index (χ4v) is 2.41. The summed E-state index contributed by atoms with van der Waals surface area (Å²) in [5.41, 5.74) is -2.18. The average Bonchev–Trinajstić information content (AvgIpc) is 2.77. The van der Waals surface area contributed by atoms with Gasteiger partial charge in [0.05, 0.1) is 0 Å². The van der Waals surface area contributed by atoms with Crippen LogP contribution < -0.4 is 0 Å². The van der Waals surface area contributed by atoms with Crippen LogP contribution in [0.4, 0.5) is 13.2 Å². The van der Waals surface area contributed by atoms with E-state index in [1.54, 1.807) is 0 Å². The van der Waals surface area contributed by atoms with Crippen LogP contribution in [0.15, 0.2) is 5.38 Å². The summed E-state index contributed by atoms with van der Waals surface area (Å²) in [5, 5.41) is 9.56. The molecular weight excluding hydrogens is 231 g/mol.